The summed E-state index contributed by atoms with van der Waals surface area (Å²) in [6, 6.07) is 6.25. The Kier molecular flexibility index (Phi) is 5.85. The number of amides is 2. The summed E-state index contributed by atoms with van der Waals surface area (Å²) in [6.45, 7) is 7.55. The van der Waals surface area contributed by atoms with Gasteiger partial charge in [0.05, 0.1) is 22.1 Å². The minimum atomic E-state index is -0.688. The summed E-state index contributed by atoms with van der Waals surface area (Å²) >= 11 is 6.17. The summed E-state index contributed by atoms with van der Waals surface area (Å²) in [5.41, 5.74) is 8.23. The van der Waals surface area contributed by atoms with E-state index in [1.807, 2.05) is 27.7 Å². The van der Waals surface area contributed by atoms with Crippen molar-refractivity contribution in [2.45, 2.75) is 40.2 Å². The van der Waals surface area contributed by atoms with Crippen LogP contribution in [-0.2, 0) is 4.79 Å². The normalized spacial score (nSPS) is 13.3. The number of hydrogen-bond donors (Lipinski definition) is 2. The van der Waals surface area contributed by atoms with Crippen LogP contribution in [0.15, 0.2) is 24.3 Å². The van der Waals surface area contributed by atoms with Crippen molar-refractivity contribution in [3.05, 3.63) is 46.2 Å². The van der Waals surface area contributed by atoms with E-state index in [1.54, 1.807) is 28.9 Å². The summed E-state index contributed by atoms with van der Waals surface area (Å²) < 4.78 is 1.73. The van der Waals surface area contributed by atoms with E-state index in [2.05, 4.69) is 10.4 Å². The van der Waals surface area contributed by atoms with Crippen molar-refractivity contribution in [1.29, 1.82) is 0 Å². The van der Waals surface area contributed by atoms with Crippen LogP contribution < -0.4 is 11.1 Å². The monoisotopic (exact) mass is 362 g/mol. The van der Waals surface area contributed by atoms with Gasteiger partial charge in [-0.1, -0.05) is 31.9 Å². The molecule has 1 aromatic carbocycles. The van der Waals surface area contributed by atoms with Crippen molar-refractivity contribution in [2.75, 3.05) is 0 Å². The zero-order chi connectivity index (χ0) is 18.7. The second kappa shape index (κ2) is 7.70. The molecule has 0 fully saturated rings. The second-order valence-corrected chi connectivity index (χ2v) is 6.56. The third-order valence-electron chi connectivity index (χ3n) is 4.38. The highest BCUT2D eigenvalue weighted by Gasteiger charge is 2.24. The number of carbonyl (C=O) groups excluding carboxylic acids is 2. The topological polar surface area (TPSA) is 90.0 Å². The minimum Gasteiger partial charge on any atom is -0.368 e. The Morgan fingerprint density at radius 2 is 1.88 bits per heavy atom. The number of nitrogens with one attached hydrogen (secondary N) is 1. The number of carbonyl (C=O) groups is 2. The van der Waals surface area contributed by atoms with Crippen LogP contribution in [0.5, 0.6) is 0 Å². The average molecular weight is 363 g/mol. The molecule has 3 N–H and O–H groups in total. The molecule has 7 heteroatoms. The van der Waals surface area contributed by atoms with Gasteiger partial charge in [-0.25, -0.2) is 4.68 Å². The van der Waals surface area contributed by atoms with E-state index < -0.39 is 11.9 Å². The van der Waals surface area contributed by atoms with Crippen molar-refractivity contribution in [3.63, 3.8) is 0 Å². The number of rotatable bonds is 6. The van der Waals surface area contributed by atoms with E-state index in [0.717, 1.165) is 23.5 Å². The number of primary amides is 1. The van der Waals surface area contributed by atoms with E-state index in [4.69, 9.17) is 17.3 Å². The lowest BCUT2D eigenvalue weighted by Crippen LogP contribution is -2.48. The maximum Gasteiger partial charge on any atom is 0.251 e. The molecule has 0 saturated carbocycles. The summed E-state index contributed by atoms with van der Waals surface area (Å²) in [5, 5.41) is 7.72. The fourth-order valence-electron chi connectivity index (χ4n) is 2.58. The molecule has 1 aromatic heterocycles. The minimum absolute atomic E-state index is 0.0300. The Bertz CT molecular complexity index is 783. The number of halogens is 1. The third-order valence-corrected chi connectivity index (χ3v) is 4.93. The van der Waals surface area contributed by atoms with E-state index in [1.165, 1.54) is 0 Å². The van der Waals surface area contributed by atoms with Gasteiger partial charge in [0.2, 0.25) is 5.91 Å². The van der Waals surface area contributed by atoms with Crippen LogP contribution in [0, 0.1) is 19.8 Å². The molecule has 2 atom stereocenters. The molecule has 0 aliphatic heterocycles. The van der Waals surface area contributed by atoms with E-state index in [-0.39, 0.29) is 11.8 Å². The molecule has 2 aromatic rings. The molecule has 0 aliphatic carbocycles. The Balaban J connectivity index is 2.20. The van der Waals surface area contributed by atoms with Crippen molar-refractivity contribution in [1.82, 2.24) is 15.1 Å². The van der Waals surface area contributed by atoms with Gasteiger partial charge in [-0.15, -0.1) is 0 Å². The molecule has 2 unspecified atom stereocenters. The Morgan fingerprint density at radius 3 is 2.32 bits per heavy atom. The Labute approximate surface area is 152 Å². The van der Waals surface area contributed by atoms with Gasteiger partial charge < -0.3 is 11.1 Å². The van der Waals surface area contributed by atoms with Crippen LogP contribution in [0.25, 0.3) is 5.69 Å². The third kappa shape index (κ3) is 4.02. The maximum absolute atomic E-state index is 12.4. The number of benzene rings is 1. The Hall–Kier alpha value is -2.34. The molecule has 6 nitrogen and oxygen atoms in total. The zero-order valence-electron chi connectivity index (χ0n) is 14.8. The predicted molar refractivity (Wildman–Crippen MR) is 98.0 cm³/mol. The summed E-state index contributed by atoms with van der Waals surface area (Å²) in [7, 11) is 0. The van der Waals surface area contributed by atoms with Crippen LogP contribution >= 0.6 is 11.6 Å². The molecule has 0 saturated heterocycles. The predicted octanol–water partition coefficient (Wildman–Crippen LogP) is 2.77. The van der Waals surface area contributed by atoms with E-state index in [0.29, 0.717) is 10.6 Å². The number of aromatic nitrogens is 2. The first kappa shape index (κ1) is 19.0. The average Bonchev–Trinajstić information content (AvgIpc) is 2.86. The highest BCUT2D eigenvalue weighted by atomic mass is 35.5. The molecule has 1 heterocycles. The van der Waals surface area contributed by atoms with Gasteiger partial charge in [0.15, 0.2) is 0 Å². The number of hydrogen-bond acceptors (Lipinski definition) is 3. The largest absolute Gasteiger partial charge is 0.368 e. The molecule has 0 radical (unpaired) electrons. The van der Waals surface area contributed by atoms with Crippen molar-refractivity contribution < 1.29 is 9.59 Å². The molecule has 2 amide bonds. The first-order valence-corrected chi connectivity index (χ1v) is 8.56. The van der Waals surface area contributed by atoms with Gasteiger partial charge in [-0.05, 0) is 44.0 Å². The molecule has 0 bridgehead atoms. The van der Waals surface area contributed by atoms with Crippen LogP contribution in [0.3, 0.4) is 0 Å². The molecule has 0 spiro atoms. The molecular formula is C18H23ClN4O2. The smallest absolute Gasteiger partial charge is 0.251 e. The fourth-order valence-corrected chi connectivity index (χ4v) is 2.70. The van der Waals surface area contributed by atoms with Crippen molar-refractivity contribution in [2.24, 2.45) is 11.7 Å². The van der Waals surface area contributed by atoms with E-state index in [9.17, 15) is 9.59 Å². The first-order chi connectivity index (χ1) is 11.8. The zero-order valence-corrected chi connectivity index (χ0v) is 15.6. The van der Waals surface area contributed by atoms with Gasteiger partial charge in [0.1, 0.15) is 6.04 Å². The number of nitrogens with two attached hydrogens (primary N) is 1. The number of nitrogens with zero attached hydrogens (tertiary/aromatic N) is 2. The van der Waals surface area contributed by atoms with Crippen molar-refractivity contribution in [3.8, 4) is 5.69 Å². The van der Waals surface area contributed by atoms with Gasteiger partial charge in [-0.2, -0.15) is 5.10 Å². The second-order valence-electron chi connectivity index (χ2n) is 6.18. The lowest BCUT2D eigenvalue weighted by molar-refractivity contribution is -0.120. The first-order valence-electron chi connectivity index (χ1n) is 8.18. The molecule has 2 rings (SSSR count). The summed E-state index contributed by atoms with van der Waals surface area (Å²) in [4.78, 5) is 24.0. The lowest BCUT2D eigenvalue weighted by Gasteiger charge is -2.21. The van der Waals surface area contributed by atoms with Crippen LogP contribution in [0.4, 0.5) is 0 Å². The summed E-state index contributed by atoms with van der Waals surface area (Å²) in [6.07, 6.45) is 0.742. The Morgan fingerprint density at radius 1 is 1.28 bits per heavy atom. The fraction of sp³-hybridized carbons (Fsp3) is 0.389. The molecule has 134 valence electrons. The highest BCUT2D eigenvalue weighted by molar-refractivity contribution is 6.31. The molecule has 25 heavy (non-hydrogen) atoms. The van der Waals surface area contributed by atoms with Gasteiger partial charge >= 0.3 is 0 Å². The van der Waals surface area contributed by atoms with Crippen molar-refractivity contribution >= 4 is 23.4 Å². The standard InChI is InChI=1S/C18H23ClN4O2/c1-5-10(2)16(17(20)24)21-18(25)13-6-8-14(9-7-13)23-12(4)15(19)11(3)22-23/h6-10,16H,5H2,1-4H3,(H2,20,24)(H,21,25). The highest BCUT2D eigenvalue weighted by Crippen LogP contribution is 2.22. The quantitative estimate of drug-likeness (QED) is 0.827. The summed E-state index contributed by atoms with van der Waals surface area (Å²) in [5.74, 6) is -0.892. The van der Waals surface area contributed by atoms with Gasteiger partial charge in [0.25, 0.3) is 5.91 Å². The van der Waals surface area contributed by atoms with E-state index >= 15 is 0 Å². The van der Waals surface area contributed by atoms with Gasteiger partial charge in [0, 0.05) is 5.56 Å². The lowest BCUT2D eigenvalue weighted by atomic mass is 9.98. The van der Waals surface area contributed by atoms with Crippen LogP contribution in [0.1, 0.15) is 42.0 Å². The molecule has 0 aliphatic rings. The number of aryl methyl sites for hydroxylation is 1. The van der Waals surface area contributed by atoms with Gasteiger partial charge in [-0.3, -0.25) is 9.59 Å². The maximum atomic E-state index is 12.4. The molecular weight excluding hydrogens is 340 g/mol. The van der Waals surface area contributed by atoms with Crippen LogP contribution in [-0.4, -0.2) is 27.6 Å². The van der Waals surface area contributed by atoms with Crippen LogP contribution in [0.2, 0.25) is 5.02 Å². The SMILES string of the molecule is CCC(C)C(NC(=O)c1ccc(-n2nc(C)c(Cl)c2C)cc1)C(N)=O.